The molecule has 0 radical (unpaired) electrons. The predicted octanol–water partition coefficient (Wildman–Crippen LogP) is 23.4. The van der Waals surface area contributed by atoms with Crippen LogP contribution in [0.5, 0.6) is 0 Å². The van der Waals surface area contributed by atoms with Crippen molar-refractivity contribution in [1.82, 2.24) is 0 Å². The van der Waals surface area contributed by atoms with Crippen molar-refractivity contribution in [1.29, 1.82) is 0 Å². The molecule has 0 rings (SSSR count). The molecule has 2 unspecified atom stereocenters. The number of carbonyl (C=O) groups excluding carboxylic acids is 2. The summed E-state index contributed by atoms with van der Waals surface area (Å²) in [6, 6.07) is 0. The van der Waals surface area contributed by atoms with Crippen molar-refractivity contribution in [2.45, 2.75) is 418 Å². The zero-order valence-electron chi connectivity index (χ0n) is 57.4. The smallest absolute Gasteiger partial charge is 0.361 e. The number of hydrogen-bond acceptors (Lipinski definition) is 7. The van der Waals surface area contributed by atoms with Crippen LogP contribution in [0.1, 0.15) is 406 Å². The third-order valence-electron chi connectivity index (χ3n) is 17.6. The van der Waals surface area contributed by atoms with Crippen molar-refractivity contribution < 1.29 is 42.9 Å². The van der Waals surface area contributed by atoms with E-state index in [1.54, 1.807) is 0 Å². The number of likely N-dealkylation sites (N-methyl/N-ethyl adjacent to an activating group) is 1. The Balaban J connectivity index is 3.98. The molecule has 0 fully saturated rings. The normalized spacial score (nSPS) is 12.5. The maximum atomic E-state index is 13.0. The van der Waals surface area contributed by atoms with Crippen LogP contribution in [0.25, 0.3) is 0 Å². The van der Waals surface area contributed by atoms with E-state index in [2.05, 4.69) is 13.8 Å². The van der Waals surface area contributed by atoms with Gasteiger partial charge in [-0.3, -0.25) is 9.59 Å². The van der Waals surface area contributed by atoms with Crippen LogP contribution in [0.2, 0.25) is 0 Å². The van der Waals surface area contributed by atoms with Gasteiger partial charge in [0, 0.05) is 12.8 Å². The van der Waals surface area contributed by atoms with Gasteiger partial charge in [-0.1, -0.05) is 380 Å². The van der Waals surface area contributed by atoms with E-state index in [0.717, 1.165) is 38.5 Å². The molecule has 9 nitrogen and oxygen atoms in total. The molecule has 0 bridgehead atoms. The van der Waals surface area contributed by atoms with E-state index in [4.69, 9.17) is 18.9 Å². The van der Waals surface area contributed by atoms with Crippen LogP contribution in [0.4, 0.5) is 0 Å². The minimum atomic E-state index is -1.50. The predicted molar refractivity (Wildman–Crippen MR) is 360 cm³/mol. The van der Waals surface area contributed by atoms with E-state index in [0.29, 0.717) is 17.4 Å². The molecular formula is C75H148NO8+. The number of rotatable bonds is 72. The number of unbranched alkanes of at least 4 members (excludes halogenated alkanes) is 57. The summed E-state index contributed by atoms with van der Waals surface area (Å²) in [5.74, 6) is -1.96. The first-order chi connectivity index (χ1) is 41.1. The van der Waals surface area contributed by atoms with Crippen molar-refractivity contribution in [2.24, 2.45) is 0 Å². The second-order valence-electron chi connectivity index (χ2n) is 27.3. The van der Waals surface area contributed by atoms with Crippen molar-refractivity contribution >= 4 is 17.9 Å². The molecule has 0 amide bonds. The molecule has 9 heteroatoms. The first kappa shape index (κ1) is 82.3. The Morgan fingerprint density at radius 2 is 0.536 bits per heavy atom. The fourth-order valence-corrected chi connectivity index (χ4v) is 11.8. The SMILES string of the molecule is CCCCCCCCCCCCCCCCCCCCCCCCCCCCCCCCCCCC(=O)OC(COC(=O)CCCCCCCCCCCCCCCCCCCCCCCCCCCC)COC(OCC[N+](C)(C)C)C(=O)O. The lowest BCUT2D eigenvalue weighted by atomic mass is 10.0. The van der Waals surface area contributed by atoms with E-state index < -0.39 is 18.4 Å². The molecule has 0 aromatic carbocycles. The molecule has 84 heavy (non-hydrogen) atoms. The van der Waals surface area contributed by atoms with Crippen molar-refractivity contribution in [2.75, 3.05) is 47.5 Å². The Morgan fingerprint density at radius 3 is 0.762 bits per heavy atom. The number of carboxylic acids is 1. The van der Waals surface area contributed by atoms with Gasteiger partial charge in [0.05, 0.1) is 34.4 Å². The van der Waals surface area contributed by atoms with Crippen molar-refractivity contribution in [3.8, 4) is 0 Å². The molecule has 0 spiro atoms. The molecular weight excluding hydrogens is 1040 g/mol. The van der Waals surface area contributed by atoms with E-state index in [1.165, 1.54) is 340 Å². The topological polar surface area (TPSA) is 108 Å². The number of aliphatic carboxylic acids is 1. The lowest BCUT2D eigenvalue weighted by Gasteiger charge is -2.25. The Labute approximate surface area is 523 Å². The molecule has 2 atom stereocenters. The van der Waals surface area contributed by atoms with Gasteiger partial charge in [0.2, 0.25) is 0 Å². The highest BCUT2D eigenvalue weighted by molar-refractivity contribution is 5.71. The lowest BCUT2D eigenvalue weighted by molar-refractivity contribution is -0.870. The van der Waals surface area contributed by atoms with Gasteiger partial charge in [0.25, 0.3) is 6.29 Å². The number of quaternary nitrogens is 1. The van der Waals surface area contributed by atoms with Crippen LogP contribution in [-0.2, 0) is 33.3 Å². The summed E-state index contributed by atoms with van der Waals surface area (Å²) in [5.41, 5.74) is 0. The highest BCUT2D eigenvalue weighted by Crippen LogP contribution is 2.20. The maximum Gasteiger partial charge on any atom is 0.361 e. The third-order valence-corrected chi connectivity index (χ3v) is 17.6. The number of esters is 2. The number of carboxylic acid groups (broad SMARTS) is 1. The maximum absolute atomic E-state index is 13.0. The summed E-state index contributed by atoms with van der Waals surface area (Å²) < 4.78 is 23.0. The Hall–Kier alpha value is -1.71. The fraction of sp³-hybridized carbons (Fsp3) is 0.960. The molecule has 0 aliphatic rings. The van der Waals surface area contributed by atoms with Crippen molar-refractivity contribution in [3.63, 3.8) is 0 Å². The minimum absolute atomic E-state index is 0.172. The van der Waals surface area contributed by atoms with Gasteiger partial charge >= 0.3 is 17.9 Å². The largest absolute Gasteiger partial charge is 0.477 e. The summed E-state index contributed by atoms with van der Waals surface area (Å²) in [7, 11) is 6.00. The first-order valence-corrected chi connectivity index (χ1v) is 37.7. The van der Waals surface area contributed by atoms with E-state index >= 15 is 0 Å². The van der Waals surface area contributed by atoms with Gasteiger partial charge in [-0.05, 0) is 12.8 Å². The molecule has 0 aliphatic heterocycles. The molecule has 0 saturated carbocycles. The van der Waals surface area contributed by atoms with Gasteiger partial charge in [-0.25, -0.2) is 4.79 Å². The van der Waals surface area contributed by atoms with Crippen LogP contribution >= 0.6 is 0 Å². The van der Waals surface area contributed by atoms with Crippen LogP contribution < -0.4 is 0 Å². The lowest BCUT2D eigenvalue weighted by Crippen LogP contribution is -2.40. The molecule has 0 aliphatic carbocycles. The summed E-state index contributed by atoms with van der Waals surface area (Å²) in [4.78, 5) is 37.7. The Morgan fingerprint density at radius 1 is 0.310 bits per heavy atom. The summed E-state index contributed by atoms with van der Waals surface area (Å²) in [5, 5.41) is 9.76. The quantitative estimate of drug-likeness (QED) is 0.0278. The standard InChI is InChI=1S/C75H147NO8/c1-6-8-10-12-14-16-18-20-22-24-26-28-30-32-34-35-36-37-38-39-40-42-44-46-48-50-52-54-56-58-60-62-64-66-73(78)84-71(70-83-75(74(79)80)81-68-67-76(3,4)5)69-82-72(77)65-63-61-59-57-55-53-51-49-47-45-43-41-33-31-29-27-25-23-21-19-17-15-13-11-9-7-2/h71,75H,6-70H2,1-5H3/p+1. The van der Waals surface area contributed by atoms with E-state index in [1.807, 2.05) is 21.1 Å². The molecule has 0 aromatic heterocycles. The summed E-state index contributed by atoms with van der Waals surface area (Å²) >= 11 is 0. The third kappa shape index (κ3) is 67.8. The first-order valence-electron chi connectivity index (χ1n) is 37.7. The number of nitrogens with zero attached hydrogens (tertiary/aromatic N) is 1. The fourth-order valence-electron chi connectivity index (χ4n) is 11.8. The van der Waals surface area contributed by atoms with Crippen LogP contribution in [0.3, 0.4) is 0 Å². The zero-order chi connectivity index (χ0) is 61.2. The van der Waals surface area contributed by atoms with Crippen LogP contribution in [0.15, 0.2) is 0 Å². The summed E-state index contributed by atoms with van der Waals surface area (Å²) in [6.07, 6.45) is 78.2. The second-order valence-corrected chi connectivity index (χ2v) is 27.3. The Bertz CT molecular complexity index is 1340. The molecule has 500 valence electrons. The van der Waals surface area contributed by atoms with Crippen LogP contribution in [0, 0.1) is 0 Å². The number of carbonyl (C=O) groups is 3. The minimum Gasteiger partial charge on any atom is -0.477 e. The van der Waals surface area contributed by atoms with Gasteiger partial charge in [0.15, 0.2) is 6.10 Å². The summed E-state index contributed by atoms with van der Waals surface area (Å²) in [6.45, 7) is 4.98. The van der Waals surface area contributed by atoms with Gasteiger partial charge in [0.1, 0.15) is 13.2 Å². The number of hydrogen-bond donors (Lipinski definition) is 1. The second kappa shape index (κ2) is 67.2. The molecule has 0 aromatic rings. The molecule has 1 N–H and O–H groups in total. The molecule has 0 heterocycles. The average molecular weight is 1190 g/mol. The van der Waals surface area contributed by atoms with Gasteiger partial charge in [-0.15, -0.1) is 0 Å². The highest BCUT2D eigenvalue weighted by Gasteiger charge is 2.25. The van der Waals surface area contributed by atoms with E-state index in [-0.39, 0.29) is 38.2 Å². The molecule has 0 saturated heterocycles. The van der Waals surface area contributed by atoms with E-state index in [9.17, 15) is 19.5 Å². The highest BCUT2D eigenvalue weighted by atomic mass is 16.7. The van der Waals surface area contributed by atoms with Gasteiger partial charge < -0.3 is 28.5 Å². The number of ether oxygens (including phenoxy) is 4. The van der Waals surface area contributed by atoms with Crippen molar-refractivity contribution in [3.05, 3.63) is 0 Å². The average Bonchev–Trinajstić information content (AvgIpc) is 3.51. The monoisotopic (exact) mass is 1190 g/mol. The Kier molecular flexibility index (Phi) is 65.9. The van der Waals surface area contributed by atoms with Gasteiger partial charge in [-0.2, -0.15) is 0 Å². The zero-order valence-corrected chi connectivity index (χ0v) is 57.4. The van der Waals surface area contributed by atoms with Crippen LogP contribution in [-0.4, -0.2) is 87.4 Å².